The maximum atomic E-state index is 13.1. The van der Waals surface area contributed by atoms with E-state index in [0.29, 0.717) is 31.2 Å². The summed E-state index contributed by atoms with van der Waals surface area (Å²) in [6, 6.07) is 17.2. The van der Waals surface area contributed by atoms with Gasteiger partial charge >= 0.3 is 0 Å². The van der Waals surface area contributed by atoms with Crippen LogP contribution >= 0.6 is 0 Å². The molecule has 31 heavy (non-hydrogen) atoms. The first-order valence-electron chi connectivity index (χ1n) is 11.3. The van der Waals surface area contributed by atoms with Crippen molar-refractivity contribution in [3.05, 3.63) is 65.7 Å². The molecule has 0 aromatic heterocycles. The summed E-state index contributed by atoms with van der Waals surface area (Å²) in [6.45, 7) is 9.05. The van der Waals surface area contributed by atoms with Crippen molar-refractivity contribution in [1.29, 1.82) is 0 Å². The molecule has 0 saturated heterocycles. The molecular weight excluding hydrogens is 388 g/mol. The largest absolute Gasteiger partial charge is 0.483 e. The second-order valence-corrected chi connectivity index (χ2v) is 8.12. The molecule has 0 fully saturated rings. The van der Waals surface area contributed by atoms with Crippen molar-refractivity contribution in [3.8, 4) is 5.75 Å². The number of para-hydroxylation sites is 1. The monoisotopic (exact) mass is 424 g/mol. The minimum atomic E-state index is -0.558. The summed E-state index contributed by atoms with van der Waals surface area (Å²) in [5.41, 5.74) is 2.20. The molecule has 0 radical (unpaired) electrons. The fourth-order valence-electron chi connectivity index (χ4n) is 3.42. The first kappa shape index (κ1) is 24.4. The van der Waals surface area contributed by atoms with Crippen molar-refractivity contribution in [2.75, 3.05) is 19.7 Å². The van der Waals surface area contributed by atoms with E-state index in [1.54, 1.807) is 11.8 Å². The Morgan fingerprint density at radius 3 is 2.35 bits per heavy atom. The van der Waals surface area contributed by atoms with Crippen molar-refractivity contribution >= 4 is 11.8 Å². The van der Waals surface area contributed by atoms with E-state index in [1.807, 2.05) is 54.6 Å². The van der Waals surface area contributed by atoms with Gasteiger partial charge in [-0.3, -0.25) is 9.59 Å². The Morgan fingerprint density at radius 2 is 1.68 bits per heavy atom. The van der Waals surface area contributed by atoms with Gasteiger partial charge in [-0.15, -0.1) is 0 Å². The van der Waals surface area contributed by atoms with Crippen LogP contribution in [0, 0.1) is 0 Å². The molecule has 0 spiro atoms. The van der Waals surface area contributed by atoms with E-state index in [2.05, 4.69) is 26.1 Å². The molecule has 0 bridgehead atoms. The lowest BCUT2D eigenvalue weighted by molar-refractivity contribution is -0.141. The van der Waals surface area contributed by atoms with E-state index >= 15 is 0 Å². The number of amides is 2. The second-order valence-electron chi connectivity index (χ2n) is 8.12. The standard InChI is InChI=1S/C26H36N2O3/c1-5-6-17-27-26(30)21(4)28(18-16-22-12-8-7-9-13-22)25(29)19-31-24-15-11-10-14-23(24)20(2)3/h7-15,20-21H,5-6,16-19H2,1-4H3,(H,27,30)/t21-/m0/s1. The normalized spacial score (nSPS) is 11.8. The first-order valence-corrected chi connectivity index (χ1v) is 11.3. The first-order chi connectivity index (χ1) is 14.9. The van der Waals surface area contributed by atoms with Gasteiger partial charge in [0.1, 0.15) is 11.8 Å². The number of hydrogen-bond donors (Lipinski definition) is 1. The predicted octanol–water partition coefficient (Wildman–Crippen LogP) is 4.56. The average molecular weight is 425 g/mol. The van der Waals surface area contributed by atoms with E-state index in [-0.39, 0.29) is 18.4 Å². The number of carbonyl (C=O) groups excluding carboxylic acids is 2. The van der Waals surface area contributed by atoms with Crippen LogP contribution in [0.2, 0.25) is 0 Å². The molecule has 0 saturated carbocycles. The molecule has 0 aliphatic heterocycles. The Kier molecular flexibility index (Phi) is 10.1. The molecule has 1 atom stereocenters. The lowest BCUT2D eigenvalue weighted by Crippen LogP contribution is -2.50. The zero-order chi connectivity index (χ0) is 22.6. The Balaban J connectivity index is 2.08. The molecule has 1 N–H and O–H groups in total. The fraction of sp³-hybridized carbons (Fsp3) is 0.462. The zero-order valence-corrected chi connectivity index (χ0v) is 19.3. The van der Waals surface area contributed by atoms with Gasteiger partial charge in [-0.2, -0.15) is 0 Å². The van der Waals surface area contributed by atoms with Crippen molar-refractivity contribution in [2.45, 2.75) is 58.9 Å². The Labute approximate surface area is 186 Å². The van der Waals surface area contributed by atoms with E-state index in [9.17, 15) is 9.59 Å². The number of nitrogens with one attached hydrogen (secondary N) is 1. The molecule has 2 aromatic rings. The van der Waals surface area contributed by atoms with E-state index < -0.39 is 6.04 Å². The van der Waals surface area contributed by atoms with Crippen LogP contribution in [-0.4, -0.2) is 42.5 Å². The molecule has 0 unspecified atom stereocenters. The summed E-state index contributed by atoms with van der Waals surface area (Å²) in [5.74, 6) is 0.697. The van der Waals surface area contributed by atoms with Crippen molar-refractivity contribution in [3.63, 3.8) is 0 Å². The van der Waals surface area contributed by atoms with Crippen LogP contribution < -0.4 is 10.1 Å². The summed E-state index contributed by atoms with van der Waals surface area (Å²) in [4.78, 5) is 27.4. The van der Waals surface area contributed by atoms with Gasteiger partial charge in [0, 0.05) is 13.1 Å². The molecule has 2 aromatic carbocycles. The van der Waals surface area contributed by atoms with Crippen LogP contribution in [0.4, 0.5) is 0 Å². The molecule has 0 heterocycles. The smallest absolute Gasteiger partial charge is 0.261 e. The van der Waals surface area contributed by atoms with Gasteiger partial charge in [0.25, 0.3) is 5.91 Å². The number of hydrogen-bond acceptors (Lipinski definition) is 3. The van der Waals surface area contributed by atoms with Gasteiger partial charge in [0.15, 0.2) is 6.61 Å². The number of unbranched alkanes of at least 4 members (excludes halogenated alkanes) is 1. The predicted molar refractivity (Wildman–Crippen MR) is 125 cm³/mol. The Bertz CT molecular complexity index is 820. The van der Waals surface area contributed by atoms with Gasteiger partial charge in [0.2, 0.25) is 5.91 Å². The molecule has 5 heteroatoms. The molecular formula is C26H36N2O3. The highest BCUT2D eigenvalue weighted by atomic mass is 16.5. The van der Waals surface area contributed by atoms with Gasteiger partial charge in [-0.25, -0.2) is 0 Å². The topological polar surface area (TPSA) is 58.6 Å². The maximum absolute atomic E-state index is 13.1. The van der Waals surface area contributed by atoms with Crippen LogP contribution in [-0.2, 0) is 16.0 Å². The Hall–Kier alpha value is -2.82. The minimum Gasteiger partial charge on any atom is -0.483 e. The lowest BCUT2D eigenvalue weighted by atomic mass is 10.0. The van der Waals surface area contributed by atoms with Gasteiger partial charge in [0.05, 0.1) is 0 Å². The highest BCUT2D eigenvalue weighted by molar-refractivity contribution is 5.88. The number of ether oxygens (including phenoxy) is 1. The molecule has 0 aliphatic rings. The summed E-state index contributed by atoms with van der Waals surface area (Å²) in [6.07, 6.45) is 2.61. The molecule has 2 rings (SSSR count). The molecule has 168 valence electrons. The van der Waals surface area contributed by atoms with E-state index in [4.69, 9.17) is 4.74 Å². The quantitative estimate of drug-likeness (QED) is 0.508. The molecule has 2 amide bonds. The van der Waals surface area contributed by atoms with Crippen molar-refractivity contribution in [2.24, 2.45) is 0 Å². The number of rotatable bonds is 12. The van der Waals surface area contributed by atoms with Crippen molar-refractivity contribution < 1.29 is 14.3 Å². The molecule has 5 nitrogen and oxygen atoms in total. The van der Waals surface area contributed by atoms with Gasteiger partial charge < -0.3 is 15.0 Å². The van der Waals surface area contributed by atoms with E-state index in [0.717, 1.165) is 24.0 Å². The highest BCUT2D eigenvalue weighted by Crippen LogP contribution is 2.25. The summed E-state index contributed by atoms with van der Waals surface area (Å²) < 4.78 is 5.90. The third-order valence-electron chi connectivity index (χ3n) is 5.37. The van der Waals surface area contributed by atoms with Crippen LogP contribution in [0.15, 0.2) is 54.6 Å². The van der Waals surface area contributed by atoms with Gasteiger partial charge in [-0.1, -0.05) is 75.7 Å². The maximum Gasteiger partial charge on any atom is 0.261 e. The summed E-state index contributed by atoms with van der Waals surface area (Å²) >= 11 is 0. The highest BCUT2D eigenvalue weighted by Gasteiger charge is 2.26. The van der Waals surface area contributed by atoms with Gasteiger partial charge in [-0.05, 0) is 42.9 Å². The number of carbonyl (C=O) groups is 2. The SMILES string of the molecule is CCCCNC(=O)[C@H](C)N(CCc1ccccc1)C(=O)COc1ccccc1C(C)C. The number of nitrogens with zero attached hydrogens (tertiary/aromatic N) is 1. The van der Waals surface area contributed by atoms with Crippen LogP contribution in [0.3, 0.4) is 0 Å². The Morgan fingerprint density at radius 1 is 1.00 bits per heavy atom. The lowest BCUT2D eigenvalue weighted by Gasteiger charge is -2.29. The van der Waals surface area contributed by atoms with Crippen molar-refractivity contribution in [1.82, 2.24) is 10.2 Å². The summed E-state index contributed by atoms with van der Waals surface area (Å²) in [5, 5.41) is 2.94. The zero-order valence-electron chi connectivity index (χ0n) is 19.3. The van der Waals surface area contributed by atoms with Crippen LogP contribution in [0.5, 0.6) is 5.75 Å². The summed E-state index contributed by atoms with van der Waals surface area (Å²) in [7, 11) is 0. The average Bonchev–Trinajstić information content (AvgIpc) is 2.78. The third-order valence-corrected chi connectivity index (χ3v) is 5.37. The minimum absolute atomic E-state index is 0.0922. The van der Waals surface area contributed by atoms with Crippen LogP contribution in [0.25, 0.3) is 0 Å². The van der Waals surface area contributed by atoms with Crippen LogP contribution in [0.1, 0.15) is 57.6 Å². The fourth-order valence-corrected chi connectivity index (χ4v) is 3.42. The molecule has 0 aliphatic carbocycles. The third kappa shape index (κ3) is 7.74. The van der Waals surface area contributed by atoms with E-state index in [1.165, 1.54) is 0 Å². The number of benzene rings is 2. The second kappa shape index (κ2) is 12.8.